The van der Waals surface area contributed by atoms with Gasteiger partial charge in [-0.3, -0.25) is 9.88 Å². The molecule has 5 nitrogen and oxygen atoms in total. The SMILES string of the molecule is Br.Br.Br.NCCCCN(Cc1nc2ccccc2[nH]1)C1CCCc2cccnc21. The summed E-state index contributed by atoms with van der Waals surface area (Å²) in [4.78, 5) is 15.5. The Bertz CT molecular complexity index is 837. The third kappa shape index (κ3) is 6.34. The number of fused-ring (bicyclic) bond motifs is 2. The molecule has 0 fully saturated rings. The summed E-state index contributed by atoms with van der Waals surface area (Å²) in [6.07, 6.45) is 7.61. The molecule has 0 aliphatic heterocycles. The van der Waals surface area contributed by atoms with E-state index in [0.717, 1.165) is 62.2 Å². The standard InChI is InChI=1S/C21H27N5.3BrH/c22-12-3-4-14-26(15-20-24-17-9-1-2-10-18(17)25-20)19-11-5-7-16-8-6-13-23-21(16)19;;;/h1-2,6,8-10,13,19H,3-5,7,11-12,14-15,22H2,(H,24,25);3*1H. The minimum absolute atomic E-state index is 0. The van der Waals surface area contributed by atoms with Crippen molar-refractivity contribution in [3.05, 3.63) is 59.7 Å². The van der Waals surface area contributed by atoms with Gasteiger partial charge in [-0.15, -0.1) is 50.9 Å². The van der Waals surface area contributed by atoms with Crippen LogP contribution in [-0.2, 0) is 13.0 Å². The average molecular weight is 592 g/mol. The minimum atomic E-state index is 0. The van der Waals surface area contributed by atoms with Gasteiger partial charge in [-0.05, 0) is 69.0 Å². The molecule has 0 saturated heterocycles. The molecule has 0 radical (unpaired) electrons. The van der Waals surface area contributed by atoms with Crippen LogP contribution in [0.25, 0.3) is 11.0 Å². The molecule has 3 N–H and O–H groups in total. The van der Waals surface area contributed by atoms with Gasteiger partial charge in [-0.25, -0.2) is 4.98 Å². The van der Waals surface area contributed by atoms with E-state index in [-0.39, 0.29) is 50.9 Å². The summed E-state index contributed by atoms with van der Waals surface area (Å²) in [5.41, 5.74) is 10.5. The number of nitrogens with two attached hydrogens (primary N) is 1. The number of hydrogen-bond acceptors (Lipinski definition) is 4. The quantitative estimate of drug-likeness (QED) is 0.365. The number of hydrogen-bond donors (Lipinski definition) is 2. The Hall–Kier alpha value is -0.800. The highest BCUT2D eigenvalue weighted by Crippen LogP contribution is 2.33. The van der Waals surface area contributed by atoms with Gasteiger partial charge < -0.3 is 10.7 Å². The fraction of sp³-hybridized carbons (Fsp3) is 0.429. The van der Waals surface area contributed by atoms with Gasteiger partial charge in [0.05, 0.1) is 29.3 Å². The van der Waals surface area contributed by atoms with E-state index in [1.54, 1.807) is 0 Å². The molecule has 1 atom stereocenters. The third-order valence-corrected chi connectivity index (χ3v) is 5.30. The summed E-state index contributed by atoms with van der Waals surface area (Å²) < 4.78 is 0. The van der Waals surface area contributed by atoms with Crippen LogP contribution in [-0.4, -0.2) is 32.9 Å². The van der Waals surface area contributed by atoms with Crippen LogP contribution in [0.1, 0.15) is 48.8 Å². The molecule has 2 heterocycles. The number of pyridine rings is 1. The average Bonchev–Trinajstić information content (AvgIpc) is 3.09. The van der Waals surface area contributed by atoms with Gasteiger partial charge in [0.1, 0.15) is 5.82 Å². The number of rotatable bonds is 7. The second-order valence-corrected chi connectivity index (χ2v) is 7.12. The van der Waals surface area contributed by atoms with Gasteiger partial charge >= 0.3 is 0 Å². The highest BCUT2D eigenvalue weighted by atomic mass is 79.9. The first-order valence-electron chi connectivity index (χ1n) is 9.66. The molecule has 0 spiro atoms. The first kappa shape index (κ1) is 26.2. The summed E-state index contributed by atoms with van der Waals surface area (Å²) in [7, 11) is 0. The Kier molecular flexibility index (Phi) is 11.6. The zero-order valence-corrected chi connectivity index (χ0v) is 21.6. The van der Waals surface area contributed by atoms with Crippen molar-refractivity contribution in [2.45, 2.75) is 44.7 Å². The van der Waals surface area contributed by atoms with E-state index in [9.17, 15) is 0 Å². The predicted octanol–water partition coefficient (Wildman–Crippen LogP) is 5.31. The maximum absolute atomic E-state index is 5.72. The highest BCUT2D eigenvalue weighted by Gasteiger charge is 2.27. The first-order chi connectivity index (χ1) is 12.8. The number of aryl methyl sites for hydroxylation is 1. The molecule has 8 heteroatoms. The number of aromatic nitrogens is 3. The van der Waals surface area contributed by atoms with Crippen LogP contribution in [0.4, 0.5) is 0 Å². The zero-order chi connectivity index (χ0) is 17.8. The van der Waals surface area contributed by atoms with Crippen LogP contribution >= 0.6 is 50.9 Å². The van der Waals surface area contributed by atoms with Crippen molar-refractivity contribution in [3.63, 3.8) is 0 Å². The van der Waals surface area contributed by atoms with Crippen molar-refractivity contribution >= 4 is 62.0 Å². The van der Waals surface area contributed by atoms with Crippen molar-refractivity contribution in [1.82, 2.24) is 19.9 Å². The lowest BCUT2D eigenvalue weighted by Crippen LogP contribution is -2.33. The van der Waals surface area contributed by atoms with Gasteiger partial charge in [0.25, 0.3) is 0 Å². The number of halogens is 3. The van der Waals surface area contributed by atoms with E-state index in [1.165, 1.54) is 17.7 Å². The molecule has 1 aliphatic rings. The van der Waals surface area contributed by atoms with Crippen LogP contribution in [0, 0.1) is 0 Å². The summed E-state index contributed by atoms with van der Waals surface area (Å²) in [6, 6.07) is 12.9. The number of H-pyrrole nitrogens is 1. The van der Waals surface area contributed by atoms with Crippen molar-refractivity contribution in [1.29, 1.82) is 0 Å². The largest absolute Gasteiger partial charge is 0.341 e. The van der Waals surface area contributed by atoms with Gasteiger partial charge in [0.15, 0.2) is 0 Å². The number of unbranched alkanes of at least 4 members (excludes halogenated alkanes) is 1. The van der Waals surface area contributed by atoms with Crippen molar-refractivity contribution < 1.29 is 0 Å². The van der Waals surface area contributed by atoms with Gasteiger partial charge in [0.2, 0.25) is 0 Å². The van der Waals surface area contributed by atoms with Gasteiger partial charge in [-0.2, -0.15) is 0 Å². The van der Waals surface area contributed by atoms with Crippen molar-refractivity contribution in [3.8, 4) is 0 Å². The molecule has 1 aromatic carbocycles. The number of nitrogens with one attached hydrogen (secondary N) is 1. The maximum atomic E-state index is 5.72. The number of para-hydroxylation sites is 2. The fourth-order valence-corrected chi connectivity index (χ4v) is 4.02. The summed E-state index contributed by atoms with van der Waals surface area (Å²) >= 11 is 0. The molecule has 0 saturated carbocycles. The Morgan fingerprint density at radius 2 is 1.90 bits per heavy atom. The molecule has 3 aromatic rings. The molecule has 1 aliphatic carbocycles. The Balaban J connectivity index is 0.00000140. The lowest BCUT2D eigenvalue weighted by molar-refractivity contribution is 0.159. The third-order valence-electron chi connectivity index (χ3n) is 5.30. The second-order valence-electron chi connectivity index (χ2n) is 7.12. The number of imidazole rings is 1. The van der Waals surface area contributed by atoms with Gasteiger partial charge in [0, 0.05) is 6.20 Å². The maximum Gasteiger partial charge on any atom is 0.121 e. The molecule has 4 rings (SSSR count). The molecule has 29 heavy (non-hydrogen) atoms. The Morgan fingerprint density at radius 3 is 2.69 bits per heavy atom. The lowest BCUT2D eigenvalue weighted by atomic mass is 9.90. The topological polar surface area (TPSA) is 70.8 Å². The molecule has 2 aromatic heterocycles. The summed E-state index contributed by atoms with van der Waals surface area (Å²) in [6.45, 7) is 2.59. The molecule has 160 valence electrons. The molecule has 0 bridgehead atoms. The zero-order valence-electron chi connectivity index (χ0n) is 16.4. The Labute approximate surface area is 204 Å². The summed E-state index contributed by atoms with van der Waals surface area (Å²) in [5.74, 6) is 1.03. The van der Waals surface area contributed by atoms with Crippen LogP contribution in [0.5, 0.6) is 0 Å². The van der Waals surface area contributed by atoms with E-state index in [0.29, 0.717) is 6.04 Å². The molecule has 1 unspecified atom stereocenters. The van der Waals surface area contributed by atoms with Crippen LogP contribution < -0.4 is 5.73 Å². The van der Waals surface area contributed by atoms with E-state index in [1.807, 2.05) is 18.3 Å². The van der Waals surface area contributed by atoms with E-state index < -0.39 is 0 Å². The predicted molar refractivity (Wildman–Crippen MR) is 136 cm³/mol. The highest BCUT2D eigenvalue weighted by molar-refractivity contribution is 8.93. The normalized spacial score (nSPS) is 15.2. The second kappa shape index (κ2) is 12.8. The number of benzene rings is 1. The minimum Gasteiger partial charge on any atom is -0.341 e. The number of aromatic amines is 1. The molecular formula is C21H30Br3N5. The fourth-order valence-electron chi connectivity index (χ4n) is 4.02. The molecule has 0 amide bonds. The first-order valence-corrected chi connectivity index (χ1v) is 9.66. The van der Waals surface area contributed by atoms with E-state index >= 15 is 0 Å². The van der Waals surface area contributed by atoms with E-state index in [4.69, 9.17) is 15.7 Å². The summed E-state index contributed by atoms with van der Waals surface area (Å²) in [5, 5.41) is 0. The van der Waals surface area contributed by atoms with E-state index in [2.05, 4.69) is 34.1 Å². The van der Waals surface area contributed by atoms with Crippen molar-refractivity contribution in [2.24, 2.45) is 5.73 Å². The van der Waals surface area contributed by atoms with Crippen LogP contribution in [0.15, 0.2) is 42.6 Å². The lowest BCUT2D eigenvalue weighted by Gasteiger charge is -2.34. The number of nitrogens with zero attached hydrogens (tertiary/aromatic N) is 3. The van der Waals surface area contributed by atoms with Gasteiger partial charge in [-0.1, -0.05) is 18.2 Å². The smallest absolute Gasteiger partial charge is 0.121 e. The molecular weight excluding hydrogens is 562 g/mol. The monoisotopic (exact) mass is 589 g/mol. The van der Waals surface area contributed by atoms with Crippen LogP contribution in [0.2, 0.25) is 0 Å². The van der Waals surface area contributed by atoms with Crippen LogP contribution in [0.3, 0.4) is 0 Å². The Morgan fingerprint density at radius 1 is 1.07 bits per heavy atom. The van der Waals surface area contributed by atoms with Crippen molar-refractivity contribution in [2.75, 3.05) is 13.1 Å².